The molecule has 68 heavy (non-hydrogen) atoms. The van der Waals surface area contributed by atoms with Crippen LogP contribution in [-0.4, -0.2) is 22.2 Å². The maximum Gasteiger partial charge on any atom is 0.410 e. The molecule has 0 atom stereocenters. The quantitative estimate of drug-likeness (QED) is 0.0318. The van der Waals surface area contributed by atoms with Gasteiger partial charge in [0.1, 0.15) is 70.4 Å². The Labute approximate surface area is 364 Å². The van der Waals surface area contributed by atoms with E-state index in [1.54, 1.807) is 17.0 Å². The second-order valence-corrected chi connectivity index (χ2v) is 13.8. The van der Waals surface area contributed by atoms with Crippen molar-refractivity contribution in [1.82, 2.24) is 4.98 Å². The van der Waals surface area contributed by atoms with E-state index in [9.17, 15) is 62.6 Å². The molecule has 0 bridgehead atoms. The monoisotopic (exact) mass is 986 g/mol. The Morgan fingerprint density at radius 3 is 1.09 bits per heavy atom. The smallest absolute Gasteiger partial charge is 0.410 e. The third kappa shape index (κ3) is 8.16. The van der Waals surface area contributed by atoms with Crippen molar-refractivity contribution in [2.45, 2.75) is 6.54 Å². The number of aromatic nitrogens is 2. The van der Waals surface area contributed by atoms with Gasteiger partial charge in [-0.1, -0.05) is 30.3 Å². The molecule has 0 saturated heterocycles. The largest absolute Gasteiger partial charge is 0.508 e. The van der Waals surface area contributed by atoms with Crippen molar-refractivity contribution >= 4 is 34.0 Å². The van der Waals surface area contributed by atoms with Crippen LogP contribution in [0.1, 0.15) is 16.1 Å². The van der Waals surface area contributed by atoms with Gasteiger partial charge in [0.05, 0.1) is 6.20 Å². The zero-order chi connectivity index (χ0) is 50.4. The van der Waals surface area contributed by atoms with Crippen LogP contribution in [0.25, 0.3) is 0 Å². The van der Waals surface area contributed by atoms with Crippen LogP contribution in [0.5, 0.6) is 11.5 Å². The molecule has 5 nitrogen and oxygen atoms in total. The number of rotatable bonds is 8. The van der Waals surface area contributed by atoms with Crippen molar-refractivity contribution in [3.63, 3.8) is 0 Å². The number of esters is 1. The summed E-state index contributed by atoms with van der Waals surface area (Å²) in [5, 5.41) is 9.26. The molecule has 0 aliphatic rings. The first-order valence-corrected chi connectivity index (χ1v) is 18.0. The standard InChI is InChI=1S/C24BF20.C18H14N2O3/c26-5-1(6(27)14(35)21(42)13(5)34)25(2-7(28)15(36)22(43)16(37)8(2)29,3-9(30)17(38)23(44)18(39)10(3)31)4-11(32)19(40)24(45)20(41)12(4)33;21-15-6-8-16(9-7-15)23-18(22)17-12-19-10-11-20(17)13-14-4-2-1-3-5-14/h;1-12H,13H2/q-1;/p+1. The first kappa shape index (κ1) is 49.8. The summed E-state index contributed by atoms with van der Waals surface area (Å²) in [5.74, 6) is -71.4. The minimum Gasteiger partial charge on any atom is -0.508 e. The van der Waals surface area contributed by atoms with Gasteiger partial charge >= 0.3 is 11.7 Å². The zero-order valence-electron chi connectivity index (χ0n) is 32.4. The molecule has 7 aromatic rings. The Balaban J connectivity index is 0.000000276. The lowest BCUT2D eigenvalue weighted by molar-refractivity contribution is -0.691. The van der Waals surface area contributed by atoms with Gasteiger partial charge in [0.2, 0.25) is 0 Å². The van der Waals surface area contributed by atoms with E-state index in [0.717, 1.165) is 5.56 Å². The number of phenols is 1. The number of hydrogen-bond donors (Lipinski definition) is 1. The molecular weight excluding hydrogens is 971 g/mol. The van der Waals surface area contributed by atoms with Crippen LogP contribution in [0.2, 0.25) is 0 Å². The van der Waals surface area contributed by atoms with Gasteiger partial charge < -0.3 is 9.84 Å². The van der Waals surface area contributed by atoms with E-state index in [-0.39, 0.29) is 5.75 Å². The molecule has 0 unspecified atom stereocenters. The molecule has 354 valence electrons. The minimum atomic E-state index is -7.22. The van der Waals surface area contributed by atoms with Crippen molar-refractivity contribution in [2.75, 3.05) is 0 Å². The number of carbonyl (C=O) groups is 1. The number of carbonyl (C=O) groups excluding carboxylic acids is 1. The van der Waals surface area contributed by atoms with Gasteiger partial charge in [-0.25, -0.2) is 92.6 Å². The van der Waals surface area contributed by atoms with E-state index in [0.29, 0.717) is 18.0 Å². The fraction of sp³-hybridized carbons (Fsp3) is 0.0238. The molecule has 0 amide bonds. The maximum absolute atomic E-state index is 15.4. The number of ether oxygens (including phenoxy) is 1. The number of hydrogen-bond acceptors (Lipinski definition) is 4. The molecule has 0 saturated carbocycles. The Hall–Kier alpha value is -7.67. The van der Waals surface area contributed by atoms with Gasteiger partial charge in [0.25, 0.3) is 0 Å². The summed E-state index contributed by atoms with van der Waals surface area (Å²) in [6.45, 7) is 0.545. The molecule has 0 aliphatic carbocycles. The maximum atomic E-state index is 15.4. The third-order valence-electron chi connectivity index (χ3n) is 10.00. The number of benzene rings is 6. The average Bonchev–Trinajstić information content (AvgIpc) is 3.32. The Bertz CT molecular complexity index is 2780. The van der Waals surface area contributed by atoms with Crippen molar-refractivity contribution in [1.29, 1.82) is 0 Å². The Morgan fingerprint density at radius 2 is 0.765 bits per heavy atom. The van der Waals surface area contributed by atoms with Crippen LogP contribution in [0.3, 0.4) is 0 Å². The first-order chi connectivity index (χ1) is 31.9. The Kier molecular flexibility index (Phi) is 13.8. The summed E-state index contributed by atoms with van der Waals surface area (Å²) in [6, 6.07) is 15.8. The summed E-state index contributed by atoms with van der Waals surface area (Å²) < 4.78 is 301. The highest BCUT2D eigenvalue weighted by atomic mass is 19.2. The predicted octanol–water partition coefficient (Wildman–Crippen LogP) is 8.19. The van der Waals surface area contributed by atoms with Crippen LogP contribution in [0, 0.1) is 116 Å². The Morgan fingerprint density at radius 1 is 0.456 bits per heavy atom. The lowest BCUT2D eigenvalue weighted by atomic mass is 9.12. The minimum absolute atomic E-state index is 0.116. The molecule has 7 rings (SSSR count). The third-order valence-corrected chi connectivity index (χ3v) is 10.00. The predicted molar refractivity (Wildman–Crippen MR) is 192 cm³/mol. The molecule has 0 aliphatic heterocycles. The van der Waals surface area contributed by atoms with Gasteiger partial charge in [0.15, 0.2) is 82.5 Å². The highest BCUT2D eigenvalue weighted by Crippen LogP contribution is 2.31. The second-order valence-electron chi connectivity index (χ2n) is 13.8. The molecular formula is C42H15BF20N2O3. The fourth-order valence-corrected chi connectivity index (χ4v) is 7.02. The summed E-state index contributed by atoms with van der Waals surface area (Å²) in [4.78, 5) is 16.4. The normalized spacial score (nSPS) is 11.4. The number of nitrogens with zero attached hydrogens (tertiary/aromatic N) is 2. The summed E-state index contributed by atoms with van der Waals surface area (Å²) in [7, 11) is 0. The van der Waals surface area contributed by atoms with Crippen LogP contribution < -0.4 is 31.2 Å². The van der Waals surface area contributed by atoms with E-state index in [4.69, 9.17) is 4.74 Å². The average molecular weight is 986 g/mol. The van der Waals surface area contributed by atoms with Crippen LogP contribution in [-0.2, 0) is 6.54 Å². The zero-order valence-corrected chi connectivity index (χ0v) is 32.4. The van der Waals surface area contributed by atoms with Crippen molar-refractivity contribution in [3.05, 3.63) is 201 Å². The summed E-state index contributed by atoms with van der Waals surface area (Å²) in [6.07, 6.45) is -2.38. The molecule has 0 radical (unpaired) electrons. The van der Waals surface area contributed by atoms with E-state index in [1.165, 1.54) is 30.5 Å². The lowest BCUT2D eigenvalue weighted by Crippen LogP contribution is -2.81. The van der Waals surface area contributed by atoms with Crippen LogP contribution >= 0.6 is 0 Å². The van der Waals surface area contributed by atoms with E-state index in [1.807, 2.05) is 30.3 Å². The summed E-state index contributed by atoms with van der Waals surface area (Å²) in [5.41, 5.74) is -12.9. The molecule has 6 aromatic carbocycles. The fourth-order valence-electron chi connectivity index (χ4n) is 7.02. The number of aromatic hydroxyl groups is 1. The molecule has 0 fully saturated rings. The van der Waals surface area contributed by atoms with E-state index >= 15 is 35.1 Å². The van der Waals surface area contributed by atoms with Gasteiger partial charge in [0, 0.05) is 5.56 Å². The molecule has 0 spiro atoms. The van der Waals surface area contributed by atoms with Gasteiger partial charge in [-0.15, -0.1) is 21.9 Å². The van der Waals surface area contributed by atoms with E-state index in [2.05, 4.69) is 4.98 Å². The van der Waals surface area contributed by atoms with Crippen LogP contribution in [0.4, 0.5) is 87.8 Å². The molecule has 1 heterocycles. The molecule has 1 aromatic heterocycles. The highest BCUT2D eigenvalue weighted by Gasteiger charge is 2.52. The molecule has 1 N–H and O–H groups in total. The lowest BCUT2D eigenvalue weighted by Gasteiger charge is -2.44. The van der Waals surface area contributed by atoms with Crippen molar-refractivity contribution in [3.8, 4) is 11.5 Å². The first-order valence-electron chi connectivity index (χ1n) is 18.0. The topological polar surface area (TPSA) is 63.3 Å². The van der Waals surface area contributed by atoms with E-state index < -0.39 is 150 Å². The highest BCUT2D eigenvalue weighted by molar-refractivity contribution is 7.20. The van der Waals surface area contributed by atoms with Gasteiger partial charge in [-0.05, 0) is 24.3 Å². The summed E-state index contributed by atoms with van der Waals surface area (Å²) >= 11 is 0. The van der Waals surface area contributed by atoms with Crippen molar-refractivity contribution in [2.24, 2.45) is 0 Å². The van der Waals surface area contributed by atoms with Crippen LogP contribution in [0.15, 0.2) is 73.2 Å². The SMILES string of the molecule is Fc1c(F)c(F)c([B-](c2c(F)c(F)c(F)c(F)c2F)(c2c(F)c(F)c(F)c(F)c2F)c2c(F)c(F)c(F)c(F)c2F)c(F)c1F.O=C(Oc1ccc(O)cc1)c1cncc[n+]1Cc1ccccc1. The van der Waals surface area contributed by atoms with Crippen molar-refractivity contribution < 1.29 is 107 Å². The second kappa shape index (κ2) is 18.9. The number of halogens is 20. The van der Waals surface area contributed by atoms with Gasteiger partial charge in [-0.2, -0.15) is 4.57 Å². The van der Waals surface area contributed by atoms with Gasteiger partial charge in [-0.3, -0.25) is 4.98 Å². The number of phenolic OH excluding ortho intramolecular Hbond substituents is 1. The molecule has 26 heteroatoms.